The molecule has 1 aliphatic rings. The minimum atomic E-state index is -0.183. The van der Waals surface area contributed by atoms with E-state index in [4.69, 9.17) is 18.9 Å². The lowest BCUT2D eigenvalue weighted by Crippen LogP contribution is -2.51. The number of rotatable bonds is 10. The smallest absolute Gasteiger partial charge is 0.191 e. The number of nitrogens with one attached hydrogen (secondary N) is 2. The summed E-state index contributed by atoms with van der Waals surface area (Å²) in [5.74, 6) is 2.37. The molecule has 0 saturated carbocycles. The van der Waals surface area contributed by atoms with Crippen molar-refractivity contribution in [3.05, 3.63) is 23.8 Å². The van der Waals surface area contributed by atoms with Crippen molar-refractivity contribution in [2.24, 2.45) is 4.99 Å². The summed E-state index contributed by atoms with van der Waals surface area (Å²) in [5, 5.41) is 6.76. The van der Waals surface area contributed by atoms with Gasteiger partial charge in [0.2, 0.25) is 0 Å². The van der Waals surface area contributed by atoms with Gasteiger partial charge >= 0.3 is 0 Å². The van der Waals surface area contributed by atoms with E-state index < -0.39 is 0 Å². The van der Waals surface area contributed by atoms with Crippen molar-refractivity contribution in [1.82, 2.24) is 10.6 Å². The van der Waals surface area contributed by atoms with Gasteiger partial charge in [0.1, 0.15) is 0 Å². The molecule has 8 heteroatoms. The third-order valence-electron chi connectivity index (χ3n) is 4.95. The normalized spacial score (nSPS) is 15.9. The summed E-state index contributed by atoms with van der Waals surface area (Å²) in [4.78, 5) is 4.32. The molecule has 29 heavy (non-hydrogen) atoms. The second kappa shape index (κ2) is 13.9. The zero-order valence-corrected chi connectivity index (χ0v) is 20.4. The number of ether oxygens (including phenoxy) is 4. The van der Waals surface area contributed by atoms with E-state index >= 15 is 0 Å². The van der Waals surface area contributed by atoms with Crippen molar-refractivity contribution in [3.63, 3.8) is 0 Å². The Kier molecular flexibility index (Phi) is 12.3. The van der Waals surface area contributed by atoms with Crippen LogP contribution in [0.25, 0.3) is 0 Å². The van der Waals surface area contributed by atoms with E-state index in [9.17, 15) is 0 Å². The summed E-state index contributed by atoms with van der Waals surface area (Å²) < 4.78 is 22.5. The van der Waals surface area contributed by atoms with Crippen LogP contribution in [0.4, 0.5) is 0 Å². The number of nitrogens with zero attached hydrogens (tertiary/aromatic N) is 1. The van der Waals surface area contributed by atoms with E-state index in [0.29, 0.717) is 19.8 Å². The Balaban J connectivity index is 0.00000420. The van der Waals surface area contributed by atoms with E-state index in [1.165, 1.54) is 5.56 Å². The average Bonchev–Trinajstić information content (AvgIpc) is 2.73. The van der Waals surface area contributed by atoms with Crippen LogP contribution in [0.1, 0.15) is 32.3 Å². The van der Waals surface area contributed by atoms with Gasteiger partial charge in [0.25, 0.3) is 0 Å². The fourth-order valence-electron chi connectivity index (χ4n) is 3.24. The van der Waals surface area contributed by atoms with Crippen LogP contribution in [0.3, 0.4) is 0 Å². The summed E-state index contributed by atoms with van der Waals surface area (Å²) in [6, 6.07) is 6.10. The molecular formula is C21H36IN3O4. The van der Waals surface area contributed by atoms with Crippen molar-refractivity contribution in [2.45, 2.75) is 38.7 Å². The summed E-state index contributed by atoms with van der Waals surface area (Å²) in [7, 11) is 3.55. The first-order valence-electron chi connectivity index (χ1n) is 10.1. The minimum absolute atomic E-state index is 0. The van der Waals surface area contributed by atoms with E-state index in [1.807, 2.05) is 26.0 Å². The summed E-state index contributed by atoms with van der Waals surface area (Å²) in [6.45, 7) is 8.14. The Hall–Kier alpha value is -1.26. The van der Waals surface area contributed by atoms with Crippen LogP contribution in [0, 0.1) is 0 Å². The molecule has 2 rings (SSSR count). The van der Waals surface area contributed by atoms with E-state index in [1.54, 1.807) is 14.2 Å². The Labute approximate surface area is 191 Å². The zero-order chi connectivity index (χ0) is 20.2. The molecule has 1 heterocycles. The van der Waals surface area contributed by atoms with Gasteiger partial charge in [-0.15, -0.1) is 24.0 Å². The third kappa shape index (κ3) is 8.18. The summed E-state index contributed by atoms with van der Waals surface area (Å²) in [5.41, 5.74) is 1.00. The second-order valence-electron chi connectivity index (χ2n) is 6.75. The predicted octanol–water partition coefficient (Wildman–Crippen LogP) is 3.01. The van der Waals surface area contributed by atoms with Crippen LogP contribution in [0.2, 0.25) is 0 Å². The molecule has 0 amide bonds. The summed E-state index contributed by atoms with van der Waals surface area (Å²) in [6.07, 6.45) is 2.64. The highest BCUT2D eigenvalue weighted by Crippen LogP contribution is 2.28. The van der Waals surface area contributed by atoms with Crippen molar-refractivity contribution in [1.29, 1.82) is 0 Å². The number of methoxy groups -OCH3 is 1. The number of halogens is 1. The highest BCUT2D eigenvalue weighted by molar-refractivity contribution is 14.0. The maximum Gasteiger partial charge on any atom is 0.191 e. The lowest BCUT2D eigenvalue weighted by molar-refractivity contribution is -0.0855. The Morgan fingerprint density at radius 3 is 2.41 bits per heavy atom. The number of benzene rings is 1. The van der Waals surface area contributed by atoms with Gasteiger partial charge in [0.05, 0.1) is 18.8 Å². The quantitative estimate of drug-likeness (QED) is 0.280. The molecule has 1 aliphatic heterocycles. The molecule has 0 bridgehead atoms. The molecule has 0 atom stereocenters. The van der Waals surface area contributed by atoms with Crippen LogP contribution >= 0.6 is 24.0 Å². The SMILES string of the molecule is CCOc1ccc(CCNC(=NC)NCC2(OC)CCOCC2)cc1OCC.I. The number of hydrogen-bond acceptors (Lipinski definition) is 5. The van der Waals surface area contributed by atoms with Crippen molar-refractivity contribution < 1.29 is 18.9 Å². The maximum absolute atomic E-state index is 5.76. The van der Waals surface area contributed by atoms with Crippen LogP contribution in [0.15, 0.2) is 23.2 Å². The lowest BCUT2D eigenvalue weighted by Gasteiger charge is -2.36. The lowest BCUT2D eigenvalue weighted by atomic mass is 9.94. The predicted molar refractivity (Wildman–Crippen MR) is 127 cm³/mol. The number of hydrogen-bond donors (Lipinski definition) is 2. The first kappa shape index (κ1) is 25.8. The average molecular weight is 521 g/mol. The molecule has 0 aliphatic carbocycles. The molecule has 2 N–H and O–H groups in total. The number of guanidine groups is 1. The molecule has 7 nitrogen and oxygen atoms in total. The van der Waals surface area contributed by atoms with E-state index in [0.717, 1.165) is 56.5 Å². The van der Waals surface area contributed by atoms with Crippen molar-refractivity contribution >= 4 is 29.9 Å². The van der Waals surface area contributed by atoms with Crippen LogP contribution in [0.5, 0.6) is 11.5 Å². The largest absolute Gasteiger partial charge is 0.490 e. The van der Waals surface area contributed by atoms with Crippen LogP contribution < -0.4 is 20.1 Å². The van der Waals surface area contributed by atoms with Gasteiger partial charge in [-0.05, 0) is 38.0 Å². The Morgan fingerprint density at radius 2 is 1.79 bits per heavy atom. The fourth-order valence-corrected chi connectivity index (χ4v) is 3.24. The first-order valence-corrected chi connectivity index (χ1v) is 10.1. The van der Waals surface area contributed by atoms with Crippen LogP contribution in [-0.4, -0.2) is 65.2 Å². The molecule has 0 unspecified atom stereocenters. The molecule has 0 spiro atoms. The summed E-state index contributed by atoms with van der Waals surface area (Å²) >= 11 is 0. The van der Waals surface area contributed by atoms with Gasteiger partial charge in [0, 0.05) is 53.3 Å². The Morgan fingerprint density at radius 1 is 1.10 bits per heavy atom. The minimum Gasteiger partial charge on any atom is -0.490 e. The van der Waals surface area contributed by atoms with Gasteiger partial charge in [0.15, 0.2) is 17.5 Å². The van der Waals surface area contributed by atoms with Gasteiger partial charge in [-0.2, -0.15) is 0 Å². The van der Waals surface area contributed by atoms with Gasteiger partial charge in [-0.25, -0.2) is 0 Å². The molecule has 166 valence electrons. The number of aliphatic imine (C=N–C) groups is 1. The fraction of sp³-hybridized carbons (Fsp3) is 0.667. The zero-order valence-electron chi connectivity index (χ0n) is 18.1. The molecular weight excluding hydrogens is 485 g/mol. The van der Waals surface area contributed by atoms with Gasteiger partial charge < -0.3 is 29.6 Å². The molecule has 1 saturated heterocycles. The highest BCUT2D eigenvalue weighted by atomic mass is 127. The molecule has 0 aromatic heterocycles. The Bertz CT molecular complexity index is 622. The standard InChI is InChI=1S/C21H35N3O4.HI/c1-5-27-18-8-7-17(15-19(18)28-6-2)9-12-23-20(22-3)24-16-21(25-4)10-13-26-14-11-21;/h7-8,15H,5-6,9-14,16H2,1-4H3,(H2,22,23,24);1H. The van der Waals surface area contributed by atoms with Crippen LogP contribution in [-0.2, 0) is 15.9 Å². The van der Waals surface area contributed by atoms with E-state index in [2.05, 4.69) is 21.7 Å². The second-order valence-corrected chi connectivity index (χ2v) is 6.75. The first-order chi connectivity index (χ1) is 13.7. The third-order valence-corrected chi connectivity index (χ3v) is 4.95. The molecule has 0 radical (unpaired) electrons. The van der Waals surface area contributed by atoms with Crippen molar-refractivity contribution in [3.8, 4) is 11.5 Å². The van der Waals surface area contributed by atoms with Gasteiger partial charge in [-0.1, -0.05) is 6.07 Å². The topological polar surface area (TPSA) is 73.3 Å². The van der Waals surface area contributed by atoms with E-state index in [-0.39, 0.29) is 29.6 Å². The monoisotopic (exact) mass is 521 g/mol. The molecule has 1 fully saturated rings. The highest BCUT2D eigenvalue weighted by Gasteiger charge is 2.32. The van der Waals surface area contributed by atoms with Gasteiger partial charge in [-0.3, -0.25) is 4.99 Å². The van der Waals surface area contributed by atoms with Crippen molar-refractivity contribution in [2.75, 3.05) is 53.7 Å². The molecule has 1 aromatic carbocycles. The molecule has 1 aromatic rings. The maximum atomic E-state index is 5.76.